The highest BCUT2D eigenvalue weighted by Gasteiger charge is 2.35. The van der Waals surface area contributed by atoms with E-state index >= 15 is 0 Å². The molecule has 1 N–H and O–H groups in total. The van der Waals surface area contributed by atoms with Crippen LogP contribution in [-0.2, 0) is 6.54 Å². The van der Waals surface area contributed by atoms with E-state index in [1.54, 1.807) is 0 Å². The van der Waals surface area contributed by atoms with Gasteiger partial charge in [-0.15, -0.1) is 0 Å². The Kier molecular flexibility index (Phi) is 5.17. The zero-order valence-electron chi connectivity index (χ0n) is 13.4. The van der Waals surface area contributed by atoms with Crippen molar-refractivity contribution in [3.05, 3.63) is 29.6 Å². The van der Waals surface area contributed by atoms with Crippen molar-refractivity contribution in [2.45, 2.75) is 65.1 Å². The largest absolute Gasteiger partial charge is 0.308 e. The molecular formula is C17H29N3. The molecule has 0 saturated carbocycles. The van der Waals surface area contributed by atoms with Gasteiger partial charge in [0.1, 0.15) is 0 Å². The van der Waals surface area contributed by atoms with Crippen LogP contribution < -0.4 is 5.32 Å². The van der Waals surface area contributed by atoms with Crippen molar-refractivity contribution < 1.29 is 0 Å². The van der Waals surface area contributed by atoms with Crippen molar-refractivity contribution in [1.82, 2.24) is 15.2 Å². The molecule has 0 bridgehead atoms. The lowest BCUT2D eigenvalue weighted by Gasteiger charge is -2.47. The smallest absolute Gasteiger partial charge is 0.0313 e. The maximum Gasteiger partial charge on any atom is 0.0313 e. The Bertz CT molecular complexity index is 426. The molecule has 1 aliphatic heterocycles. The van der Waals surface area contributed by atoms with Crippen molar-refractivity contribution in [3.63, 3.8) is 0 Å². The minimum atomic E-state index is 0.295. The summed E-state index contributed by atoms with van der Waals surface area (Å²) in [4.78, 5) is 6.99. The Balaban J connectivity index is 2.13. The number of piperazine rings is 1. The van der Waals surface area contributed by atoms with Gasteiger partial charge in [-0.1, -0.05) is 26.8 Å². The molecule has 1 aromatic rings. The fraction of sp³-hybridized carbons (Fsp3) is 0.706. The first-order valence-electron chi connectivity index (χ1n) is 8.02. The standard InChI is InChI=1S/C17H29N3/c1-5-16-11-19-17(6-2,7-3)13-20(16)12-15-8-14(4)9-18-10-15/h8-10,16,19H,5-7,11-13H2,1-4H3. The fourth-order valence-electron chi connectivity index (χ4n) is 3.29. The Morgan fingerprint density at radius 1 is 1.30 bits per heavy atom. The van der Waals surface area contributed by atoms with Crippen LogP contribution in [0.2, 0.25) is 0 Å². The third kappa shape index (κ3) is 3.39. The minimum Gasteiger partial charge on any atom is -0.308 e. The van der Waals surface area contributed by atoms with Gasteiger partial charge in [-0.3, -0.25) is 9.88 Å². The maximum atomic E-state index is 4.33. The molecule has 0 aromatic carbocycles. The molecule has 1 aromatic heterocycles. The van der Waals surface area contributed by atoms with Crippen LogP contribution >= 0.6 is 0 Å². The molecule has 0 amide bonds. The molecule has 3 nitrogen and oxygen atoms in total. The molecule has 1 unspecified atom stereocenters. The summed E-state index contributed by atoms with van der Waals surface area (Å²) >= 11 is 0. The Morgan fingerprint density at radius 3 is 2.65 bits per heavy atom. The number of nitrogens with one attached hydrogen (secondary N) is 1. The van der Waals surface area contributed by atoms with E-state index < -0.39 is 0 Å². The lowest BCUT2D eigenvalue weighted by molar-refractivity contribution is 0.0642. The second-order valence-corrected chi connectivity index (χ2v) is 6.21. The molecule has 0 radical (unpaired) electrons. The van der Waals surface area contributed by atoms with Gasteiger partial charge in [-0.05, 0) is 37.3 Å². The second-order valence-electron chi connectivity index (χ2n) is 6.21. The minimum absolute atomic E-state index is 0.295. The first kappa shape index (κ1) is 15.5. The predicted molar refractivity (Wildman–Crippen MR) is 84.8 cm³/mol. The van der Waals surface area contributed by atoms with E-state index in [0.717, 1.165) is 19.6 Å². The second kappa shape index (κ2) is 6.68. The monoisotopic (exact) mass is 275 g/mol. The van der Waals surface area contributed by atoms with Crippen LogP contribution in [0.4, 0.5) is 0 Å². The predicted octanol–water partition coefficient (Wildman–Crippen LogP) is 3.13. The summed E-state index contributed by atoms with van der Waals surface area (Å²) in [6.07, 6.45) is 7.54. The Labute approximate surface area is 123 Å². The summed E-state index contributed by atoms with van der Waals surface area (Å²) in [5.41, 5.74) is 2.89. The molecule has 1 atom stereocenters. The lowest BCUT2D eigenvalue weighted by atomic mass is 9.88. The number of aromatic nitrogens is 1. The molecule has 0 aliphatic carbocycles. The number of hydrogen-bond donors (Lipinski definition) is 1. The zero-order chi connectivity index (χ0) is 14.6. The molecule has 1 aliphatic rings. The van der Waals surface area contributed by atoms with Crippen LogP contribution in [0.25, 0.3) is 0 Å². The van der Waals surface area contributed by atoms with Crippen molar-refractivity contribution in [3.8, 4) is 0 Å². The first-order valence-corrected chi connectivity index (χ1v) is 8.02. The van der Waals surface area contributed by atoms with Crippen LogP contribution in [0, 0.1) is 6.92 Å². The van der Waals surface area contributed by atoms with Crippen LogP contribution in [0.3, 0.4) is 0 Å². The van der Waals surface area contributed by atoms with Crippen molar-refractivity contribution >= 4 is 0 Å². The van der Waals surface area contributed by atoms with Crippen molar-refractivity contribution in [2.75, 3.05) is 13.1 Å². The molecular weight excluding hydrogens is 246 g/mol. The highest BCUT2D eigenvalue weighted by Crippen LogP contribution is 2.25. The quantitative estimate of drug-likeness (QED) is 0.895. The summed E-state index contributed by atoms with van der Waals surface area (Å²) in [6.45, 7) is 12.3. The normalized spacial score (nSPS) is 22.9. The van der Waals surface area contributed by atoms with E-state index in [1.165, 1.54) is 30.4 Å². The molecule has 20 heavy (non-hydrogen) atoms. The van der Waals surface area contributed by atoms with E-state index in [-0.39, 0.29) is 0 Å². The number of hydrogen-bond acceptors (Lipinski definition) is 3. The number of rotatable bonds is 5. The molecule has 3 heteroatoms. The van der Waals surface area contributed by atoms with E-state index in [1.807, 2.05) is 12.4 Å². The molecule has 112 valence electrons. The fourth-order valence-corrected chi connectivity index (χ4v) is 3.29. The highest BCUT2D eigenvalue weighted by molar-refractivity contribution is 5.17. The van der Waals surface area contributed by atoms with Crippen LogP contribution in [-0.4, -0.2) is 34.6 Å². The van der Waals surface area contributed by atoms with Gasteiger partial charge < -0.3 is 5.32 Å². The zero-order valence-corrected chi connectivity index (χ0v) is 13.4. The first-order chi connectivity index (χ1) is 9.62. The Hall–Kier alpha value is -0.930. The lowest BCUT2D eigenvalue weighted by Crippen LogP contribution is -2.63. The van der Waals surface area contributed by atoms with Gasteiger partial charge in [0.05, 0.1) is 0 Å². The number of aryl methyl sites for hydroxylation is 1. The van der Waals surface area contributed by atoms with Gasteiger partial charge in [-0.2, -0.15) is 0 Å². The van der Waals surface area contributed by atoms with E-state index in [2.05, 4.69) is 49.0 Å². The van der Waals surface area contributed by atoms with Crippen LogP contribution in [0.5, 0.6) is 0 Å². The average Bonchev–Trinajstić information content (AvgIpc) is 2.47. The SMILES string of the molecule is CCC1CNC(CC)(CC)CN1Cc1cncc(C)c1. The maximum absolute atomic E-state index is 4.33. The van der Waals surface area contributed by atoms with Gasteiger partial charge in [0.25, 0.3) is 0 Å². The van der Waals surface area contributed by atoms with Gasteiger partial charge >= 0.3 is 0 Å². The molecule has 0 spiro atoms. The van der Waals surface area contributed by atoms with E-state index in [9.17, 15) is 0 Å². The van der Waals surface area contributed by atoms with Gasteiger partial charge in [0, 0.05) is 43.6 Å². The van der Waals surface area contributed by atoms with Crippen molar-refractivity contribution in [2.24, 2.45) is 0 Å². The molecule has 1 saturated heterocycles. The van der Waals surface area contributed by atoms with Crippen LogP contribution in [0.1, 0.15) is 51.2 Å². The van der Waals surface area contributed by atoms with Gasteiger partial charge in [-0.25, -0.2) is 0 Å². The van der Waals surface area contributed by atoms with E-state index in [0.29, 0.717) is 11.6 Å². The molecule has 2 rings (SSSR count). The summed E-state index contributed by atoms with van der Waals surface area (Å²) in [7, 11) is 0. The van der Waals surface area contributed by atoms with Crippen LogP contribution in [0.15, 0.2) is 18.5 Å². The summed E-state index contributed by atoms with van der Waals surface area (Å²) in [6, 6.07) is 2.91. The molecule has 1 fully saturated rings. The average molecular weight is 275 g/mol. The Morgan fingerprint density at radius 2 is 2.05 bits per heavy atom. The van der Waals surface area contributed by atoms with E-state index in [4.69, 9.17) is 0 Å². The summed E-state index contributed by atoms with van der Waals surface area (Å²) in [5.74, 6) is 0. The highest BCUT2D eigenvalue weighted by atomic mass is 15.3. The van der Waals surface area contributed by atoms with Gasteiger partial charge in [0.15, 0.2) is 0 Å². The number of nitrogens with zero attached hydrogens (tertiary/aromatic N) is 2. The summed E-state index contributed by atoms with van der Waals surface area (Å²) in [5, 5.41) is 3.80. The third-order valence-corrected chi connectivity index (χ3v) is 4.88. The number of pyridine rings is 1. The topological polar surface area (TPSA) is 28.2 Å². The molecule has 2 heterocycles. The third-order valence-electron chi connectivity index (χ3n) is 4.88. The van der Waals surface area contributed by atoms with Crippen molar-refractivity contribution in [1.29, 1.82) is 0 Å². The summed E-state index contributed by atoms with van der Waals surface area (Å²) < 4.78 is 0. The van der Waals surface area contributed by atoms with Gasteiger partial charge in [0.2, 0.25) is 0 Å².